The predicted molar refractivity (Wildman–Crippen MR) is 67.8 cm³/mol. The summed E-state index contributed by atoms with van der Waals surface area (Å²) in [6.07, 6.45) is 0.718. The Hall–Kier alpha value is -1.85. The first-order valence-corrected chi connectivity index (χ1v) is 5.69. The number of nitrogens with zero attached hydrogens (tertiary/aromatic N) is 3. The molecule has 6 heteroatoms. The predicted octanol–water partition coefficient (Wildman–Crippen LogP) is 0.194. The number of rotatable bonds is 5. The number of hydrogen-bond acceptors (Lipinski definition) is 5. The summed E-state index contributed by atoms with van der Waals surface area (Å²) in [5.74, 6) is 1.76. The van der Waals surface area contributed by atoms with Gasteiger partial charge in [-0.1, -0.05) is 6.92 Å². The van der Waals surface area contributed by atoms with Gasteiger partial charge in [-0.05, 0) is 6.92 Å². The van der Waals surface area contributed by atoms with Crippen LogP contribution in [0.5, 0.6) is 0 Å². The molecule has 6 nitrogen and oxygen atoms in total. The molecule has 1 amide bonds. The van der Waals surface area contributed by atoms with Crippen LogP contribution in [0.25, 0.3) is 0 Å². The molecule has 1 aromatic rings. The van der Waals surface area contributed by atoms with Crippen LogP contribution in [0.2, 0.25) is 0 Å². The van der Waals surface area contributed by atoms with Crippen LogP contribution in [0.3, 0.4) is 0 Å². The van der Waals surface area contributed by atoms with Gasteiger partial charge in [0.1, 0.15) is 17.5 Å². The third-order valence-corrected chi connectivity index (χ3v) is 2.41. The lowest BCUT2D eigenvalue weighted by Crippen LogP contribution is -2.36. The van der Waals surface area contributed by atoms with Crippen LogP contribution >= 0.6 is 0 Å². The van der Waals surface area contributed by atoms with Gasteiger partial charge >= 0.3 is 0 Å². The van der Waals surface area contributed by atoms with Crippen LogP contribution in [-0.2, 0) is 11.2 Å². The van der Waals surface area contributed by atoms with Crippen molar-refractivity contribution >= 4 is 17.5 Å². The highest BCUT2D eigenvalue weighted by Crippen LogP contribution is 2.13. The number of likely N-dealkylation sites (N-methyl/N-ethyl adjacent to an activating group) is 2. The first-order valence-electron chi connectivity index (χ1n) is 5.69. The minimum Gasteiger partial charge on any atom is -0.384 e. The summed E-state index contributed by atoms with van der Waals surface area (Å²) in [4.78, 5) is 21.7. The number of hydrogen-bond donors (Lipinski definition) is 2. The van der Waals surface area contributed by atoms with Crippen LogP contribution in [0.4, 0.5) is 11.6 Å². The zero-order valence-electron chi connectivity index (χ0n) is 10.5. The fraction of sp³-hybridized carbons (Fsp3) is 0.545. The van der Waals surface area contributed by atoms with Crippen molar-refractivity contribution < 1.29 is 4.79 Å². The molecule has 0 fully saturated rings. The average Bonchev–Trinajstić information content (AvgIpc) is 2.34. The first kappa shape index (κ1) is 13.2. The van der Waals surface area contributed by atoms with Crippen LogP contribution in [0, 0.1) is 0 Å². The highest BCUT2D eigenvalue weighted by molar-refractivity contribution is 5.80. The standard InChI is InChI=1S/C11H19N5O/c1-4-9-14-8(12)6-10(15-9)16(5-2)7-11(17)13-3/h6H,4-5,7H2,1-3H3,(H,13,17)(H2,12,14,15). The Bertz CT molecular complexity index is 393. The van der Waals surface area contributed by atoms with E-state index in [1.807, 2.05) is 18.7 Å². The molecular formula is C11H19N5O. The van der Waals surface area contributed by atoms with Gasteiger partial charge in [-0.25, -0.2) is 9.97 Å². The van der Waals surface area contributed by atoms with Gasteiger partial charge in [0.2, 0.25) is 5.91 Å². The second-order valence-corrected chi connectivity index (χ2v) is 3.61. The van der Waals surface area contributed by atoms with E-state index in [1.165, 1.54) is 0 Å². The number of nitrogen functional groups attached to an aromatic ring is 1. The van der Waals surface area contributed by atoms with Crippen LogP contribution in [-0.4, -0.2) is 36.0 Å². The van der Waals surface area contributed by atoms with E-state index in [2.05, 4.69) is 15.3 Å². The van der Waals surface area contributed by atoms with E-state index in [1.54, 1.807) is 13.1 Å². The fourth-order valence-corrected chi connectivity index (χ4v) is 1.43. The van der Waals surface area contributed by atoms with Gasteiger partial charge in [-0.15, -0.1) is 0 Å². The van der Waals surface area contributed by atoms with Crippen molar-refractivity contribution in [2.75, 3.05) is 30.8 Å². The Morgan fingerprint density at radius 1 is 1.47 bits per heavy atom. The molecule has 0 spiro atoms. The van der Waals surface area contributed by atoms with Crippen molar-refractivity contribution in [3.05, 3.63) is 11.9 Å². The van der Waals surface area contributed by atoms with Gasteiger partial charge in [0, 0.05) is 26.1 Å². The third kappa shape index (κ3) is 3.58. The number of aromatic nitrogens is 2. The van der Waals surface area contributed by atoms with Gasteiger partial charge in [0.15, 0.2) is 0 Å². The minimum atomic E-state index is -0.0536. The number of carbonyl (C=O) groups is 1. The van der Waals surface area contributed by atoms with Gasteiger partial charge in [0.25, 0.3) is 0 Å². The molecule has 0 aromatic carbocycles. The molecule has 0 bridgehead atoms. The Balaban J connectivity index is 2.94. The topological polar surface area (TPSA) is 84.1 Å². The second-order valence-electron chi connectivity index (χ2n) is 3.61. The van der Waals surface area contributed by atoms with E-state index in [-0.39, 0.29) is 12.5 Å². The first-order chi connectivity index (χ1) is 8.10. The molecule has 3 N–H and O–H groups in total. The lowest BCUT2D eigenvalue weighted by atomic mass is 10.3. The van der Waals surface area contributed by atoms with Crippen molar-refractivity contribution in [3.63, 3.8) is 0 Å². The van der Waals surface area contributed by atoms with E-state index in [0.717, 1.165) is 6.42 Å². The molecule has 94 valence electrons. The fourth-order valence-electron chi connectivity index (χ4n) is 1.43. The Morgan fingerprint density at radius 2 is 2.18 bits per heavy atom. The summed E-state index contributed by atoms with van der Waals surface area (Å²) in [6.45, 7) is 4.89. The maximum Gasteiger partial charge on any atom is 0.239 e. The van der Waals surface area contributed by atoms with Crippen LogP contribution < -0.4 is 16.0 Å². The summed E-state index contributed by atoms with van der Waals surface area (Å²) >= 11 is 0. The molecule has 0 saturated heterocycles. The zero-order chi connectivity index (χ0) is 12.8. The summed E-state index contributed by atoms with van der Waals surface area (Å²) in [7, 11) is 1.61. The summed E-state index contributed by atoms with van der Waals surface area (Å²) in [5.41, 5.74) is 5.71. The number of nitrogens with one attached hydrogen (secondary N) is 1. The Labute approximate surface area is 101 Å². The minimum absolute atomic E-state index is 0.0536. The molecule has 1 heterocycles. The van der Waals surface area contributed by atoms with Crippen molar-refractivity contribution in [3.8, 4) is 0 Å². The number of carbonyl (C=O) groups excluding carboxylic acids is 1. The molecule has 0 aliphatic heterocycles. The second kappa shape index (κ2) is 6.03. The Morgan fingerprint density at radius 3 is 2.71 bits per heavy atom. The smallest absolute Gasteiger partial charge is 0.239 e. The van der Waals surface area contributed by atoms with Gasteiger partial charge in [0.05, 0.1) is 6.54 Å². The molecule has 0 atom stereocenters. The molecule has 0 radical (unpaired) electrons. The van der Waals surface area contributed by atoms with Gasteiger partial charge < -0.3 is 16.0 Å². The molecule has 1 aromatic heterocycles. The van der Waals surface area contributed by atoms with Crippen molar-refractivity contribution in [1.82, 2.24) is 15.3 Å². The number of nitrogens with two attached hydrogens (primary N) is 1. The largest absolute Gasteiger partial charge is 0.384 e. The lowest BCUT2D eigenvalue weighted by molar-refractivity contribution is -0.119. The SMILES string of the molecule is CCc1nc(N)cc(N(CC)CC(=O)NC)n1. The lowest BCUT2D eigenvalue weighted by Gasteiger charge is -2.21. The van der Waals surface area contributed by atoms with Gasteiger partial charge in [-0.3, -0.25) is 4.79 Å². The van der Waals surface area contributed by atoms with Crippen molar-refractivity contribution in [2.24, 2.45) is 0 Å². The number of aryl methyl sites for hydroxylation is 1. The normalized spacial score (nSPS) is 10.1. The van der Waals surface area contributed by atoms with Crippen LogP contribution in [0.15, 0.2) is 6.07 Å². The monoisotopic (exact) mass is 237 g/mol. The van der Waals surface area contributed by atoms with E-state index in [0.29, 0.717) is 24.0 Å². The molecule has 0 saturated carbocycles. The summed E-state index contributed by atoms with van der Waals surface area (Å²) in [6, 6.07) is 1.69. The third-order valence-electron chi connectivity index (χ3n) is 2.41. The van der Waals surface area contributed by atoms with E-state index in [9.17, 15) is 4.79 Å². The van der Waals surface area contributed by atoms with E-state index in [4.69, 9.17) is 5.73 Å². The highest BCUT2D eigenvalue weighted by atomic mass is 16.1. The molecular weight excluding hydrogens is 218 g/mol. The molecule has 17 heavy (non-hydrogen) atoms. The maximum absolute atomic E-state index is 11.4. The van der Waals surface area contributed by atoms with E-state index < -0.39 is 0 Å². The summed E-state index contributed by atoms with van der Waals surface area (Å²) in [5, 5.41) is 2.59. The highest BCUT2D eigenvalue weighted by Gasteiger charge is 2.11. The van der Waals surface area contributed by atoms with Crippen LogP contribution in [0.1, 0.15) is 19.7 Å². The average molecular weight is 237 g/mol. The maximum atomic E-state index is 11.4. The number of anilines is 2. The number of amides is 1. The molecule has 0 aliphatic carbocycles. The quantitative estimate of drug-likeness (QED) is 0.764. The molecule has 1 rings (SSSR count). The van der Waals surface area contributed by atoms with Crippen molar-refractivity contribution in [1.29, 1.82) is 0 Å². The van der Waals surface area contributed by atoms with Crippen molar-refractivity contribution in [2.45, 2.75) is 20.3 Å². The van der Waals surface area contributed by atoms with E-state index >= 15 is 0 Å². The zero-order valence-corrected chi connectivity index (χ0v) is 10.5. The molecule has 0 aliphatic rings. The van der Waals surface area contributed by atoms with Gasteiger partial charge in [-0.2, -0.15) is 0 Å². The molecule has 0 unspecified atom stereocenters. The Kier molecular flexibility index (Phi) is 4.68. The summed E-state index contributed by atoms with van der Waals surface area (Å²) < 4.78 is 0.